The average Bonchev–Trinajstić information content (AvgIpc) is 2.38. The summed E-state index contributed by atoms with van der Waals surface area (Å²) in [7, 11) is 1.47. The van der Waals surface area contributed by atoms with Gasteiger partial charge in [-0.05, 0) is 18.2 Å². The monoisotopic (exact) mass is 296 g/mol. The summed E-state index contributed by atoms with van der Waals surface area (Å²) in [5.74, 6) is 0.477. The van der Waals surface area contributed by atoms with Gasteiger partial charge in [0.2, 0.25) is 0 Å². The van der Waals surface area contributed by atoms with Gasteiger partial charge in [0.05, 0.1) is 18.4 Å². The van der Waals surface area contributed by atoms with Crippen LogP contribution in [0.15, 0.2) is 18.2 Å². The molecule has 108 valence electrons. The van der Waals surface area contributed by atoms with E-state index in [2.05, 4.69) is 5.32 Å². The van der Waals surface area contributed by atoms with Crippen LogP contribution in [-0.4, -0.2) is 33.3 Å². The second-order valence-electron chi connectivity index (χ2n) is 4.12. The largest absolute Gasteiger partial charge is 0.495 e. The lowest BCUT2D eigenvalue weighted by Crippen LogP contribution is -2.43. The Morgan fingerprint density at radius 3 is 2.37 bits per heavy atom. The van der Waals surface area contributed by atoms with E-state index < -0.39 is 11.7 Å². The first-order valence-corrected chi connectivity index (χ1v) is 5.73. The van der Waals surface area contributed by atoms with Gasteiger partial charge in [-0.3, -0.25) is 0 Å². The molecule has 1 saturated heterocycles. The predicted molar refractivity (Wildman–Crippen MR) is 70.3 cm³/mol. The van der Waals surface area contributed by atoms with E-state index in [1.807, 2.05) is 4.90 Å². The summed E-state index contributed by atoms with van der Waals surface area (Å²) in [5, 5.41) is 3.16. The first-order valence-electron chi connectivity index (χ1n) is 5.73. The van der Waals surface area contributed by atoms with Gasteiger partial charge in [-0.15, -0.1) is 12.4 Å². The Morgan fingerprint density at radius 1 is 1.21 bits per heavy atom. The van der Waals surface area contributed by atoms with Crippen molar-refractivity contribution in [2.24, 2.45) is 0 Å². The maximum Gasteiger partial charge on any atom is 0.416 e. The molecule has 0 atom stereocenters. The quantitative estimate of drug-likeness (QED) is 0.908. The third-order valence-electron chi connectivity index (χ3n) is 2.96. The van der Waals surface area contributed by atoms with Crippen LogP contribution in [0.2, 0.25) is 0 Å². The van der Waals surface area contributed by atoms with Crippen molar-refractivity contribution in [2.75, 3.05) is 38.2 Å². The fraction of sp³-hybridized carbons (Fsp3) is 0.500. The summed E-state index contributed by atoms with van der Waals surface area (Å²) in [6.07, 6.45) is -4.32. The van der Waals surface area contributed by atoms with Gasteiger partial charge in [0, 0.05) is 26.2 Å². The molecule has 19 heavy (non-hydrogen) atoms. The Balaban J connectivity index is 0.00000180. The Labute approximate surface area is 116 Å². The highest BCUT2D eigenvalue weighted by Crippen LogP contribution is 2.36. The molecule has 7 heteroatoms. The zero-order chi connectivity index (χ0) is 13.2. The number of nitrogens with one attached hydrogen (secondary N) is 1. The summed E-state index contributed by atoms with van der Waals surface area (Å²) in [5.41, 5.74) is -0.134. The van der Waals surface area contributed by atoms with Gasteiger partial charge in [-0.2, -0.15) is 13.2 Å². The molecule has 0 radical (unpaired) electrons. The maximum absolute atomic E-state index is 12.7. The molecule has 1 heterocycles. The number of benzene rings is 1. The standard InChI is InChI=1S/C12H15F3N2O.ClH/c1-18-11-3-2-9(12(13,14)15)8-10(11)17-6-4-16-5-7-17;/h2-3,8,16H,4-7H2,1H3;1H. The first kappa shape index (κ1) is 15.9. The highest BCUT2D eigenvalue weighted by Gasteiger charge is 2.32. The van der Waals surface area contributed by atoms with Crippen molar-refractivity contribution in [1.29, 1.82) is 0 Å². The van der Waals surface area contributed by atoms with Crippen LogP contribution in [0, 0.1) is 0 Å². The maximum atomic E-state index is 12.7. The molecule has 3 nitrogen and oxygen atoms in total. The molecular weight excluding hydrogens is 281 g/mol. The molecule has 1 N–H and O–H groups in total. The van der Waals surface area contributed by atoms with Crippen molar-refractivity contribution in [1.82, 2.24) is 5.32 Å². The van der Waals surface area contributed by atoms with Gasteiger partial charge in [0.15, 0.2) is 0 Å². The summed E-state index contributed by atoms with van der Waals surface area (Å²) in [6.45, 7) is 2.88. The molecule has 0 spiro atoms. The number of alkyl halides is 3. The van der Waals surface area contributed by atoms with Crippen LogP contribution in [0.1, 0.15) is 5.56 Å². The Morgan fingerprint density at radius 2 is 1.84 bits per heavy atom. The molecule has 1 aromatic carbocycles. The van der Waals surface area contributed by atoms with Crippen LogP contribution in [0.3, 0.4) is 0 Å². The van der Waals surface area contributed by atoms with Crippen LogP contribution in [-0.2, 0) is 6.18 Å². The molecule has 0 bridgehead atoms. The average molecular weight is 297 g/mol. The zero-order valence-corrected chi connectivity index (χ0v) is 11.3. The number of methoxy groups -OCH3 is 1. The molecule has 0 amide bonds. The van der Waals surface area contributed by atoms with Gasteiger partial charge in [-0.1, -0.05) is 0 Å². The topological polar surface area (TPSA) is 24.5 Å². The van der Waals surface area contributed by atoms with Gasteiger partial charge in [0.1, 0.15) is 5.75 Å². The molecule has 1 fully saturated rings. The molecule has 1 aromatic rings. The fourth-order valence-electron chi connectivity index (χ4n) is 2.02. The number of piperazine rings is 1. The van der Waals surface area contributed by atoms with E-state index in [1.165, 1.54) is 13.2 Å². The van der Waals surface area contributed by atoms with Crippen LogP contribution < -0.4 is 15.0 Å². The van der Waals surface area contributed by atoms with Gasteiger partial charge in [-0.25, -0.2) is 0 Å². The normalized spacial score (nSPS) is 15.9. The highest BCUT2D eigenvalue weighted by molar-refractivity contribution is 5.85. The number of anilines is 1. The van der Waals surface area contributed by atoms with Crippen LogP contribution in [0.4, 0.5) is 18.9 Å². The molecule has 0 aromatic heterocycles. The van der Waals surface area contributed by atoms with Crippen LogP contribution >= 0.6 is 12.4 Å². The molecule has 1 aliphatic rings. The number of nitrogens with zero attached hydrogens (tertiary/aromatic N) is 1. The summed E-state index contributed by atoms with van der Waals surface area (Å²) in [4.78, 5) is 1.91. The highest BCUT2D eigenvalue weighted by atomic mass is 35.5. The second-order valence-corrected chi connectivity index (χ2v) is 4.12. The van der Waals surface area contributed by atoms with Crippen LogP contribution in [0.5, 0.6) is 5.75 Å². The molecule has 0 aliphatic carbocycles. The summed E-state index contributed by atoms with van der Waals surface area (Å²) < 4.78 is 43.2. The smallest absolute Gasteiger partial charge is 0.416 e. The van der Waals surface area contributed by atoms with Gasteiger partial charge >= 0.3 is 6.18 Å². The lowest BCUT2D eigenvalue weighted by atomic mass is 10.1. The van der Waals surface area contributed by atoms with Gasteiger partial charge in [0.25, 0.3) is 0 Å². The minimum absolute atomic E-state index is 0. The SMILES string of the molecule is COc1ccc(C(F)(F)F)cc1N1CCNCC1.Cl. The second kappa shape index (κ2) is 6.34. The number of rotatable bonds is 2. The first-order chi connectivity index (χ1) is 8.52. The van der Waals surface area contributed by atoms with Gasteiger partial charge < -0.3 is 15.0 Å². The number of ether oxygens (including phenoxy) is 1. The van der Waals surface area contributed by atoms with Crippen molar-refractivity contribution in [3.8, 4) is 5.75 Å². The lowest BCUT2D eigenvalue weighted by molar-refractivity contribution is -0.137. The predicted octanol–water partition coefficient (Wildman–Crippen LogP) is 2.55. The molecular formula is C12H16ClF3N2O. The Bertz CT molecular complexity index is 420. The Hall–Kier alpha value is -1.14. The van der Waals surface area contributed by atoms with Crippen molar-refractivity contribution in [3.05, 3.63) is 23.8 Å². The lowest BCUT2D eigenvalue weighted by Gasteiger charge is -2.31. The molecule has 2 rings (SSSR count). The van der Waals surface area contributed by atoms with Crippen molar-refractivity contribution >= 4 is 18.1 Å². The molecule has 1 aliphatic heterocycles. The van der Waals surface area contributed by atoms with E-state index in [0.29, 0.717) is 24.5 Å². The zero-order valence-electron chi connectivity index (χ0n) is 10.5. The summed E-state index contributed by atoms with van der Waals surface area (Å²) in [6, 6.07) is 3.58. The van der Waals surface area contributed by atoms with Crippen molar-refractivity contribution in [3.63, 3.8) is 0 Å². The summed E-state index contributed by atoms with van der Waals surface area (Å²) >= 11 is 0. The molecule has 0 unspecified atom stereocenters. The van der Waals surface area contributed by atoms with E-state index in [9.17, 15) is 13.2 Å². The number of hydrogen-bond acceptors (Lipinski definition) is 3. The molecule has 0 saturated carbocycles. The van der Waals surface area contributed by atoms with E-state index in [0.717, 1.165) is 25.2 Å². The Kier molecular flexibility index (Phi) is 5.31. The van der Waals surface area contributed by atoms with Crippen molar-refractivity contribution in [2.45, 2.75) is 6.18 Å². The van der Waals surface area contributed by atoms with Crippen LogP contribution in [0.25, 0.3) is 0 Å². The third kappa shape index (κ3) is 3.67. The van der Waals surface area contributed by atoms with Crippen molar-refractivity contribution < 1.29 is 17.9 Å². The van der Waals surface area contributed by atoms with E-state index in [-0.39, 0.29) is 12.4 Å². The van der Waals surface area contributed by atoms with E-state index in [4.69, 9.17) is 4.74 Å². The number of halogens is 4. The fourth-order valence-corrected chi connectivity index (χ4v) is 2.02. The number of hydrogen-bond donors (Lipinski definition) is 1. The minimum atomic E-state index is -4.32. The van der Waals surface area contributed by atoms with E-state index in [1.54, 1.807) is 0 Å². The minimum Gasteiger partial charge on any atom is -0.495 e. The van der Waals surface area contributed by atoms with E-state index >= 15 is 0 Å². The third-order valence-corrected chi connectivity index (χ3v) is 2.96.